The highest BCUT2D eigenvalue weighted by atomic mass is 32.2. The first-order chi connectivity index (χ1) is 6.43. The summed E-state index contributed by atoms with van der Waals surface area (Å²) in [6.45, 7) is 6.72. The van der Waals surface area contributed by atoms with Crippen molar-refractivity contribution in [3.63, 3.8) is 0 Å². The van der Waals surface area contributed by atoms with Gasteiger partial charge < -0.3 is 5.11 Å². The van der Waals surface area contributed by atoms with Crippen LogP contribution in [0, 0.1) is 0 Å². The van der Waals surface area contributed by atoms with Crippen molar-refractivity contribution in [2.24, 2.45) is 0 Å². The zero-order valence-electron chi connectivity index (χ0n) is 9.12. The van der Waals surface area contributed by atoms with Crippen molar-refractivity contribution in [3.05, 3.63) is 0 Å². The van der Waals surface area contributed by atoms with Gasteiger partial charge in [0.15, 0.2) is 0 Å². The molecule has 0 aromatic heterocycles. The molecule has 0 aromatic rings. The Morgan fingerprint density at radius 1 is 1.50 bits per heavy atom. The summed E-state index contributed by atoms with van der Waals surface area (Å²) in [5.41, 5.74) is 0. The number of rotatable bonds is 3. The van der Waals surface area contributed by atoms with Crippen LogP contribution in [0.5, 0.6) is 0 Å². The molecule has 1 aliphatic rings. The van der Waals surface area contributed by atoms with Gasteiger partial charge in [-0.3, -0.25) is 4.79 Å². The van der Waals surface area contributed by atoms with Gasteiger partial charge in [-0.2, -0.15) is 0 Å². The molecule has 1 aliphatic heterocycles. The largest absolute Gasteiger partial charge is 0.480 e. The van der Waals surface area contributed by atoms with Crippen LogP contribution in [-0.4, -0.2) is 32.7 Å². The highest BCUT2D eigenvalue weighted by Gasteiger charge is 2.33. The van der Waals surface area contributed by atoms with E-state index in [-0.39, 0.29) is 0 Å². The van der Waals surface area contributed by atoms with Crippen LogP contribution in [0.2, 0.25) is 0 Å². The number of hydrogen-bond donors (Lipinski definition) is 1. The SMILES string of the molecule is CC1CCCCN1SC(C)(C)C(=O)O. The molecule has 1 atom stereocenters. The Hall–Kier alpha value is -0.220. The number of aliphatic carboxylic acids is 1. The number of carboxylic acid groups (broad SMARTS) is 1. The second kappa shape index (κ2) is 4.53. The minimum atomic E-state index is -0.736. The first kappa shape index (κ1) is 11.9. The van der Waals surface area contributed by atoms with Crippen LogP contribution < -0.4 is 0 Å². The highest BCUT2D eigenvalue weighted by Crippen LogP contribution is 2.33. The third-order valence-corrected chi connectivity index (χ3v) is 4.01. The molecule has 0 saturated carbocycles. The predicted octanol–water partition coefficient (Wildman–Crippen LogP) is 2.37. The van der Waals surface area contributed by atoms with Gasteiger partial charge in [-0.15, -0.1) is 0 Å². The smallest absolute Gasteiger partial charge is 0.320 e. The van der Waals surface area contributed by atoms with Gasteiger partial charge in [-0.1, -0.05) is 18.4 Å². The molecule has 0 aliphatic carbocycles. The van der Waals surface area contributed by atoms with E-state index >= 15 is 0 Å². The molecule has 0 bridgehead atoms. The van der Waals surface area contributed by atoms with E-state index in [1.165, 1.54) is 31.2 Å². The maximum atomic E-state index is 11.0. The van der Waals surface area contributed by atoms with Crippen molar-refractivity contribution in [3.8, 4) is 0 Å². The van der Waals surface area contributed by atoms with Crippen LogP contribution in [0.4, 0.5) is 0 Å². The van der Waals surface area contributed by atoms with Crippen molar-refractivity contribution in [2.75, 3.05) is 6.54 Å². The lowest BCUT2D eigenvalue weighted by atomic mass is 10.1. The summed E-state index contributed by atoms with van der Waals surface area (Å²) in [5, 5.41) is 9.01. The van der Waals surface area contributed by atoms with Gasteiger partial charge in [0.1, 0.15) is 4.75 Å². The number of piperidine rings is 1. The lowest BCUT2D eigenvalue weighted by molar-refractivity contribution is -0.139. The van der Waals surface area contributed by atoms with E-state index in [0.717, 1.165) is 6.54 Å². The van der Waals surface area contributed by atoms with Gasteiger partial charge in [0.25, 0.3) is 0 Å². The molecule has 1 heterocycles. The molecule has 0 radical (unpaired) electrons. The molecule has 1 unspecified atom stereocenters. The van der Waals surface area contributed by atoms with Crippen LogP contribution >= 0.6 is 11.9 Å². The molecule has 0 amide bonds. The van der Waals surface area contributed by atoms with E-state index in [2.05, 4.69) is 11.2 Å². The molecule has 1 rings (SSSR count). The number of nitrogens with zero attached hydrogens (tertiary/aromatic N) is 1. The summed E-state index contributed by atoms with van der Waals surface area (Å²) in [4.78, 5) is 11.0. The summed E-state index contributed by atoms with van der Waals surface area (Å²) in [6.07, 6.45) is 3.64. The van der Waals surface area contributed by atoms with Crippen molar-refractivity contribution >= 4 is 17.9 Å². The molecule has 4 heteroatoms. The minimum Gasteiger partial charge on any atom is -0.480 e. The Morgan fingerprint density at radius 2 is 2.14 bits per heavy atom. The summed E-state index contributed by atoms with van der Waals surface area (Å²) < 4.78 is 1.52. The molecule has 1 fully saturated rings. The Balaban J connectivity index is 2.53. The van der Waals surface area contributed by atoms with Gasteiger partial charge in [-0.05, 0) is 33.6 Å². The summed E-state index contributed by atoms with van der Waals surface area (Å²) in [5.74, 6) is -0.736. The molecule has 14 heavy (non-hydrogen) atoms. The topological polar surface area (TPSA) is 40.5 Å². The normalized spacial score (nSPS) is 24.9. The fourth-order valence-electron chi connectivity index (χ4n) is 1.54. The van der Waals surface area contributed by atoms with Gasteiger partial charge >= 0.3 is 5.97 Å². The molecule has 82 valence electrons. The third-order valence-electron chi connectivity index (χ3n) is 2.60. The first-order valence-electron chi connectivity index (χ1n) is 5.12. The monoisotopic (exact) mass is 217 g/mol. The zero-order valence-corrected chi connectivity index (χ0v) is 9.93. The summed E-state index contributed by atoms with van der Waals surface area (Å²) >= 11 is 1.47. The van der Waals surface area contributed by atoms with Crippen molar-refractivity contribution < 1.29 is 9.90 Å². The third kappa shape index (κ3) is 2.89. The number of carboxylic acids is 1. The minimum absolute atomic E-state index is 0.507. The number of carbonyl (C=O) groups is 1. The van der Waals surface area contributed by atoms with Gasteiger partial charge in [0, 0.05) is 12.6 Å². The van der Waals surface area contributed by atoms with E-state index in [0.29, 0.717) is 6.04 Å². The van der Waals surface area contributed by atoms with Crippen molar-refractivity contribution in [2.45, 2.75) is 50.8 Å². The lowest BCUT2D eigenvalue weighted by Crippen LogP contribution is -2.39. The highest BCUT2D eigenvalue weighted by molar-refractivity contribution is 7.99. The summed E-state index contributed by atoms with van der Waals surface area (Å²) in [6, 6.07) is 0.507. The fourth-order valence-corrected chi connectivity index (χ4v) is 2.71. The number of hydrogen-bond acceptors (Lipinski definition) is 3. The van der Waals surface area contributed by atoms with Gasteiger partial charge in [0.05, 0.1) is 0 Å². The summed E-state index contributed by atoms with van der Waals surface area (Å²) in [7, 11) is 0. The Morgan fingerprint density at radius 3 is 2.64 bits per heavy atom. The maximum absolute atomic E-state index is 11.0. The van der Waals surface area contributed by atoms with E-state index in [1.807, 2.05) is 0 Å². The quantitative estimate of drug-likeness (QED) is 0.737. The Labute approximate surface area is 90.0 Å². The second-order valence-corrected chi connectivity index (χ2v) is 6.06. The van der Waals surface area contributed by atoms with Crippen LogP contribution in [-0.2, 0) is 4.79 Å². The van der Waals surface area contributed by atoms with Crippen LogP contribution in [0.15, 0.2) is 0 Å². The van der Waals surface area contributed by atoms with Crippen LogP contribution in [0.1, 0.15) is 40.0 Å². The molecule has 1 saturated heterocycles. The Kier molecular flexibility index (Phi) is 3.84. The second-order valence-electron chi connectivity index (χ2n) is 4.39. The lowest BCUT2D eigenvalue weighted by Gasteiger charge is -2.36. The molecule has 0 spiro atoms. The molecular formula is C10H19NO2S. The van der Waals surface area contributed by atoms with Crippen molar-refractivity contribution in [1.29, 1.82) is 0 Å². The van der Waals surface area contributed by atoms with E-state index in [9.17, 15) is 4.79 Å². The van der Waals surface area contributed by atoms with Crippen LogP contribution in [0.25, 0.3) is 0 Å². The van der Waals surface area contributed by atoms with E-state index < -0.39 is 10.7 Å². The van der Waals surface area contributed by atoms with Crippen molar-refractivity contribution in [1.82, 2.24) is 4.31 Å². The maximum Gasteiger partial charge on any atom is 0.320 e. The molecule has 3 nitrogen and oxygen atoms in total. The Bertz CT molecular complexity index is 218. The van der Waals surface area contributed by atoms with Gasteiger partial charge in [-0.25, -0.2) is 4.31 Å². The predicted molar refractivity (Wildman–Crippen MR) is 59.3 cm³/mol. The van der Waals surface area contributed by atoms with E-state index in [1.54, 1.807) is 13.8 Å². The zero-order chi connectivity index (χ0) is 10.8. The average Bonchev–Trinajstić information content (AvgIpc) is 2.08. The fraction of sp³-hybridized carbons (Fsp3) is 0.900. The molecule has 1 N–H and O–H groups in total. The standard InChI is InChI=1S/C10H19NO2S/c1-8-6-4-5-7-11(8)14-10(2,3)9(12)13/h8H,4-7H2,1-3H3,(H,12,13). The van der Waals surface area contributed by atoms with Crippen LogP contribution in [0.3, 0.4) is 0 Å². The molecular weight excluding hydrogens is 198 g/mol. The van der Waals surface area contributed by atoms with E-state index in [4.69, 9.17) is 5.11 Å². The first-order valence-corrected chi connectivity index (χ1v) is 5.90. The van der Waals surface area contributed by atoms with Gasteiger partial charge in [0.2, 0.25) is 0 Å². The molecule has 0 aromatic carbocycles. The average molecular weight is 217 g/mol.